The van der Waals surface area contributed by atoms with E-state index >= 15 is 0 Å². The highest BCUT2D eigenvalue weighted by molar-refractivity contribution is 5.65. The van der Waals surface area contributed by atoms with Crippen LogP contribution in [-0.4, -0.2) is 40.5 Å². The van der Waals surface area contributed by atoms with Crippen LogP contribution in [0.5, 0.6) is 0 Å². The zero-order chi connectivity index (χ0) is 13.1. The van der Waals surface area contributed by atoms with Crippen molar-refractivity contribution in [2.45, 2.75) is 12.5 Å². The van der Waals surface area contributed by atoms with Crippen LogP contribution in [-0.2, 0) is 0 Å². The van der Waals surface area contributed by atoms with Crippen molar-refractivity contribution in [2.24, 2.45) is 0 Å². The van der Waals surface area contributed by atoms with Crippen molar-refractivity contribution in [3.8, 4) is 6.07 Å². The number of anilines is 1. The van der Waals surface area contributed by atoms with Gasteiger partial charge in [-0.2, -0.15) is 10.4 Å². The molecular weight excluding hydrogens is 238 g/mol. The van der Waals surface area contributed by atoms with E-state index in [1.165, 1.54) is 6.20 Å². The van der Waals surface area contributed by atoms with Gasteiger partial charge in [0.2, 0.25) is 0 Å². The first-order valence-corrected chi connectivity index (χ1v) is 5.34. The highest BCUT2D eigenvalue weighted by atomic mass is 16.4. The first kappa shape index (κ1) is 11.9. The van der Waals surface area contributed by atoms with Crippen LogP contribution in [0, 0.1) is 11.3 Å². The standard InChI is InChI=1S/C10H11N5O3/c11-3-7-8(4-12-14-9(7)16)15-2-1-6(5-15)13-10(17)18/h4,6,13H,1-2,5H2,(H,14,16)(H,17,18)/t6-/m1/s1. The summed E-state index contributed by atoms with van der Waals surface area (Å²) < 4.78 is 0. The molecule has 1 aliphatic rings. The van der Waals surface area contributed by atoms with Gasteiger partial charge in [0.1, 0.15) is 11.6 Å². The summed E-state index contributed by atoms with van der Waals surface area (Å²) in [4.78, 5) is 23.7. The Bertz CT molecular complexity index is 561. The molecule has 94 valence electrons. The number of rotatable bonds is 2. The van der Waals surface area contributed by atoms with E-state index in [1.54, 1.807) is 4.90 Å². The van der Waals surface area contributed by atoms with Gasteiger partial charge in [0.15, 0.2) is 0 Å². The van der Waals surface area contributed by atoms with Gasteiger partial charge in [0.25, 0.3) is 5.56 Å². The van der Waals surface area contributed by atoms with Gasteiger partial charge in [-0.1, -0.05) is 0 Å². The summed E-state index contributed by atoms with van der Waals surface area (Å²) in [6, 6.07) is 1.63. The summed E-state index contributed by atoms with van der Waals surface area (Å²) in [6.45, 7) is 0.997. The van der Waals surface area contributed by atoms with Crippen molar-refractivity contribution in [3.63, 3.8) is 0 Å². The predicted octanol–water partition coefficient (Wildman–Crippen LogP) is -0.512. The van der Waals surface area contributed by atoms with Crippen molar-refractivity contribution in [2.75, 3.05) is 18.0 Å². The van der Waals surface area contributed by atoms with Gasteiger partial charge in [-0.15, -0.1) is 0 Å². The Kier molecular flexibility index (Phi) is 3.14. The van der Waals surface area contributed by atoms with Crippen molar-refractivity contribution < 1.29 is 9.90 Å². The fraction of sp³-hybridized carbons (Fsp3) is 0.400. The molecule has 1 aromatic heterocycles. The van der Waals surface area contributed by atoms with Crippen molar-refractivity contribution in [1.82, 2.24) is 15.5 Å². The quantitative estimate of drug-likeness (QED) is 0.648. The van der Waals surface area contributed by atoms with E-state index < -0.39 is 11.7 Å². The van der Waals surface area contributed by atoms with Crippen LogP contribution >= 0.6 is 0 Å². The minimum Gasteiger partial charge on any atom is -0.465 e. The molecule has 8 heteroatoms. The summed E-state index contributed by atoms with van der Waals surface area (Å²) in [5.74, 6) is 0. The van der Waals surface area contributed by atoms with Gasteiger partial charge < -0.3 is 15.3 Å². The van der Waals surface area contributed by atoms with Gasteiger partial charge in [-0.25, -0.2) is 9.89 Å². The van der Waals surface area contributed by atoms with Crippen molar-refractivity contribution in [1.29, 1.82) is 5.26 Å². The average molecular weight is 249 g/mol. The molecule has 2 heterocycles. The topological polar surface area (TPSA) is 122 Å². The summed E-state index contributed by atoms with van der Waals surface area (Å²) in [7, 11) is 0. The van der Waals surface area contributed by atoms with Crippen LogP contribution in [0.2, 0.25) is 0 Å². The number of aromatic nitrogens is 2. The van der Waals surface area contributed by atoms with Crippen molar-refractivity contribution >= 4 is 11.8 Å². The van der Waals surface area contributed by atoms with Gasteiger partial charge in [-0.05, 0) is 6.42 Å². The van der Waals surface area contributed by atoms with Gasteiger partial charge in [0.05, 0.1) is 17.9 Å². The van der Waals surface area contributed by atoms with E-state index in [0.717, 1.165) is 0 Å². The summed E-state index contributed by atoms with van der Waals surface area (Å²) in [6.07, 6.45) is 0.957. The Morgan fingerprint density at radius 2 is 2.50 bits per heavy atom. The number of carboxylic acid groups (broad SMARTS) is 1. The molecule has 0 aliphatic carbocycles. The Labute approximate surface area is 102 Å². The smallest absolute Gasteiger partial charge is 0.404 e. The molecule has 0 bridgehead atoms. The number of nitrogens with one attached hydrogen (secondary N) is 2. The van der Waals surface area contributed by atoms with E-state index in [0.29, 0.717) is 25.2 Å². The largest absolute Gasteiger partial charge is 0.465 e. The third-order valence-electron chi connectivity index (χ3n) is 2.80. The maximum absolute atomic E-state index is 11.4. The predicted molar refractivity (Wildman–Crippen MR) is 61.4 cm³/mol. The Balaban J connectivity index is 2.20. The van der Waals surface area contributed by atoms with Crippen LogP contribution in [0.4, 0.5) is 10.5 Å². The summed E-state index contributed by atoms with van der Waals surface area (Å²) in [5, 5.41) is 25.8. The normalized spacial score (nSPS) is 18.4. The molecule has 2 rings (SSSR count). The number of hydrogen-bond acceptors (Lipinski definition) is 5. The van der Waals surface area contributed by atoms with Gasteiger partial charge in [0, 0.05) is 13.1 Å². The number of amides is 1. The van der Waals surface area contributed by atoms with Crippen LogP contribution < -0.4 is 15.8 Å². The van der Waals surface area contributed by atoms with E-state index in [1.807, 2.05) is 6.07 Å². The second-order valence-corrected chi connectivity index (χ2v) is 3.95. The lowest BCUT2D eigenvalue weighted by Crippen LogP contribution is -2.36. The molecular formula is C10H11N5O3. The lowest BCUT2D eigenvalue weighted by molar-refractivity contribution is 0.191. The minimum absolute atomic E-state index is 0.000903. The van der Waals surface area contributed by atoms with Crippen LogP contribution in [0.15, 0.2) is 11.0 Å². The SMILES string of the molecule is N#Cc1c(N2CC[C@@H](NC(=O)O)C2)cn[nH]c1=O. The first-order valence-electron chi connectivity index (χ1n) is 5.34. The highest BCUT2D eigenvalue weighted by Gasteiger charge is 2.26. The molecule has 1 fully saturated rings. The number of nitrogens with zero attached hydrogens (tertiary/aromatic N) is 3. The molecule has 8 nitrogen and oxygen atoms in total. The third kappa shape index (κ3) is 2.24. The van der Waals surface area contributed by atoms with E-state index in [9.17, 15) is 9.59 Å². The number of aromatic amines is 1. The van der Waals surface area contributed by atoms with E-state index in [4.69, 9.17) is 10.4 Å². The monoisotopic (exact) mass is 249 g/mol. The molecule has 0 saturated carbocycles. The molecule has 18 heavy (non-hydrogen) atoms. The van der Waals surface area contributed by atoms with Crippen molar-refractivity contribution in [3.05, 3.63) is 22.1 Å². The molecule has 0 aromatic carbocycles. The number of hydrogen-bond donors (Lipinski definition) is 3. The molecule has 0 unspecified atom stereocenters. The maximum Gasteiger partial charge on any atom is 0.404 e. The van der Waals surface area contributed by atoms with Crippen LogP contribution in [0.1, 0.15) is 12.0 Å². The second-order valence-electron chi connectivity index (χ2n) is 3.95. The fourth-order valence-electron chi connectivity index (χ4n) is 2.01. The lowest BCUT2D eigenvalue weighted by Gasteiger charge is -2.18. The fourth-order valence-corrected chi connectivity index (χ4v) is 2.01. The minimum atomic E-state index is -1.08. The molecule has 1 aromatic rings. The van der Waals surface area contributed by atoms with Crippen LogP contribution in [0.25, 0.3) is 0 Å². The summed E-state index contributed by atoms with van der Waals surface area (Å²) in [5.41, 5.74) is -0.0958. The lowest BCUT2D eigenvalue weighted by atomic mass is 10.2. The number of nitriles is 1. The first-order chi connectivity index (χ1) is 8.61. The summed E-state index contributed by atoms with van der Waals surface area (Å²) >= 11 is 0. The Morgan fingerprint density at radius 1 is 1.72 bits per heavy atom. The van der Waals surface area contributed by atoms with Gasteiger partial charge in [-0.3, -0.25) is 4.79 Å². The number of H-pyrrole nitrogens is 1. The zero-order valence-electron chi connectivity index (χ0n) is 9.38. The highest BCUT2D eigenvalue weighted by Crippen LogP contribution is 2.20. The molecule has 3 N–H and O–H groups in total. The van der Waals surface area contributed by atoms with Crippen LogP contribution in [0.3, 0.4) is 0 Å². The second kappa shape index (κ2) is 4.75. The molecule has 1 aliphatic heterocycles. The molecule has 0 spiro atoms. The third-order valence-corrected chi connectivity index (χ3v) is 2.80. The molecule has 1 saturated heterocycles. The molecule has 0 radical (unpaired) electrons. The van der Waals surface area contributed by atoms with E-state index in [2.05, 4.69) is 15.5 Å². The Hall–Kier alpha value is -2.56. The zero-order valence-corrected chi connectivity index (χ0v) is 9.38. The maximum atomic E-state index is 11.4. The number of carbonyl (C=O) groups is 1. The Morgan fingerprint density at radius 3 is 3.17 bits per heavy atom. The average Bonchev–Trinajstić information content (AvgIpc) is 2.76. The van der Waals surface area contributed by atoms with Gasteiger partial charge >= 0.3 is 6.09 Å². The molecule has 1 atom stereocenters. The van der Waals surface area contributed by atoms with E-state index in [-0.39, 0.29) is 11.6 Å². The molecule has 1 amide bonds.